The first-order valence-corrected chi connectivity index (χ1v) is 7.89. The number of sulfonamides is 1. The predicted octanol–water partition coefficient (Wildman–Crippen LogP) is 2.85. The third-order valence-corrected chi connectivity index (χ3v) is 4.53. The molecule has 0 unspecified atom stereocenters. The number of nitrogens with one attached hydrogen (secondary N) is 1. The van der Waals surface area contributed by atoms with E-state index in [1.54, 1.807) is 12.1 Å². The summed E-state index contributed by atoms with van der Waals surface area (Å²) in [6.07, 6.45) is 0. The van der Waals surface area contributed by atoms with Gasteiger partial charge in [0.05, 0.1) is 22.6 Å². The number of hydrogen-bond acceptors (Lipinski definition) is 4. The maximum absolute atomic E-state index is 12.3. The molecule has 0 saturated heterocycles. The van der Waals surface area contributed by atoms with E-state index in [9.17, 15) is 13.2 Å². The molecule has 22 heavy (non-hydrogen) atoms. The molecule has 6 nitrogen and oxygen atoms in total. The van der Waals surface area contributed by atoms with Crippen molar-refractivity contribution in [3.63, 3.8) is 0 Å². The van der Waals surface area contributed by atoms with Gasteiger partial charge in [-0.1, -0.05) is 11.6 Å². The summed E-state index contributed by atoms with van der Waals surface area (Å²) < 4.78 is 31.9. The molecule has 0 bridgehead atoms. The van der Waals surface area contributed by atoms with Crippen LogP contribution in [-0.4, -0.2) is 26.6 Å². The van der Waals surface area contributed by atoms with Gasteiger partial charge < -0.3 is 9.84 Å². The van der Waals surface area contributed by atoms with E-state index in [-0.39, 0.29) is 15.5 Å². The van der Waals surface area contributed by atoms with Crippen molar-refractivity contribution >= 4 is 33.3 Å². The van der Waals surface area contributed by atoms with Crippen LogP contribution in [0.4, 0.5) is 5.69 Å². The first-order valence-electron chi connectivity index (χ1n) is 6.03. The Morgan fingerprint density at radius 2 is 1.82 bits per heavy atom. The molecule has 0 aliphatic rings. The normalized spacial score (nSPS) is 11.0. The Hall–Kier alpha value is -2.25. The first-order chi connectivity index (χ1) is 10.3. The Balaban J connectivity index is 2.33. The van der Waals surface area contributed by atoms with Crippen molar-refractivity contribution in [3.8, 4) is 5.75 Å². The molecule has 2 rings (SSSR count). The summed E-state index contributed by atoms with van der Waals surface area (Å²) in [5.41, 5.74) is 0.0481. The molecule has 8 heteroatoms. The second-order valence-corrected chi connectivity index (χ2v) is 6.37. The van der Waals surface area contributed by atoms with Gasteiger partial charge in [-0.05, 0) is 42.5 Å². The van der Waals surface area contributed by atoms with Crippen molar-refractivity contribution in [1.82, 2.24) is 0 Å². The number of hydrogen-bond donors (Lipinski definition) is 2. The lowest BCUT2D eigenvalue weighted by molar-refractivity contribution is 0.0697. The van der Waals surface area contributed by atoms with Gasteiger partial charge in [-0.15, -0.1) is 0 Å². The largest absolute Gasteiger partial charge is 0.497 e. The SMILES string of the molecule is COc1ccc(NS(=O)(=O)c2ccc(Cl)c(C(=O)O)c2)cc1. The second kappa shape index (κ2) is 6.25. The van der Waals surface area contributed by atoms with E-state index >= 15 is 0 Å². The van der Waals surface area contributed by atoms with Gasteiger partial charge in [0.1, 0.15) is 5.75 Å². The van der Waals surface area contributed by atoms with Crippen molar-refractivity contribution < 1.29 is 23.1 Å². The lowest BCUT2D eigenvalue weighted by atomic mass is 10.2. The summed E-state index contributed by atoms with van der Waals surface area (Å²) in [6.45, 7) is 0. The zero-order chi connectivity index (χ0) is 16.3. The highest BCUT2D eigenvalue weighted by Crippen LogP contribution is 2.23. The van der Waals surface area contributed by atoms with Crippen molar-refractivity contribution in [2.24, 2.45) is 0 Å². The van der Waals surface area contributed by atoms with Gasteiger partial charge in [-0.2, -0.15) is 0 Å². The fourth-order valence-corrected chi connectivity index (χ4v) is 2.99. The summed E-state index contributed by atoms with van der Waals surface area (Å²) in [4.78, 5) is 10.8. The number of ether oxygens (including phenoxy) is 1. The molecule has 2 aromatic rings. The van der Waals surface area contributed by atoms with E-state index < -0.39 is 16.0 Å². The van der Waals surface area contributed by atoms with Gasteiger partial charge in [-0.3, -0.25) is 4.72 Å². The average Bonchev–Trinajstić information content (AvgIpc) is 2.47. The highest BCUT2D eigenvalue weighted by atomic mass is 35.5. The molecule has 0 aliphatic heterocycles. The Morgan fingerprint density at radius 1 is 1.18 bits per heavy atom. The van der Waals surface area contributed by atoms with Crippen LogP contribution in [0.15, 0.2) is 47.4 Å². The number of halogens is 1. The van der Waals surface area contributed by atoms with E-state index in [4.69, 9.17) is 21.4 Å². The Morgan fingerprint density at radius 3 is 2.36 bits per heavy atom. The topological polar surface area (TPSA) is 92.7 Å². The summed E-state index contributed by atoms with van der Waals surface area (Å²) in [7, 11) is -2.42. The van der Waals surface area contributed by atoms with E-state index in [0.717, 1.165) is 6.07 Å². The smallest absolute Gasteiger partial charge is 0.337 e. The van der Waals surface area contributed by atoms with Crippen molar-refractivity contribution in [2.75, 3.05) is 11.8 Å². The Labute approximate surface area is 132 Å². The minimum absolute atomic E-state index is 0.0316. The highest BCUT2D eigenvalue weighted by Gasteiger charge is 2.18. The van der Waals surface area contributed by atoms with Gasteiger partial charge in [-0.25, -0.2) is 13.2 Å². The monoisotopic (exact) mass is 341 g/mol. The number of aromatic carboxylic acids is 1. The van der Waals surface area contributed by atoms with E-state index in [1.165, 1.54) is 31.4 Å². The van der Waals surface area contributed by atoms with Crippen LogP contribution in [0.25, 0.3) is 0 Å². The number of benzene rings is 2. The maximum Gasteiger partial charge on any atom is 0.337 e. The van der Waals surface area contributed by atoms with E-state index in [2.05, 4.69) is 4.72 Å². The van der Waals surface area contributed by atoms with Crippen LogP contribution < -0.4 is 9.46 Å². The zero-order valence-corrected chi connectivity index (χ0v) is 13.0. The van der Waals surface area contributed by atoms with E-state index in [1.807, 2.05) is 0 Å². The molecule has 0 saturated carbocycles. The van der Waals surface area contributed by atoms with Crippen LogP contribution in [0.2, 0.25) is 5.02 Å². The summed E-state index contributed by atoms with van der Waals surface area (Å²) in [6, 6.07) is 9.74. The quantitative estimate of drug-likeness (QED) is 0.872. The average molecular weight is 342 g/mol. The molecule has 0 heterocycles. The minimum atomic E-state index is -3.92. The zero-order valence-electron chi connectivity index (χ0n) is 11.4. The fourth-order valence-electron chi connectivity index (χ4n) is 1.71. The van der Waals surface area contributed by atoms with Crippen LogP contribution in [0.5, 0.6) is 5.75 Å². The summed E-state index contributed by atoms with van der Waals surface area (Å²) >= 11 is 5.72. The van der Waals surface area contributed by atoms with Crippen LogP contribution in [0.3, 0.4) is 0 Å². The molecular formula is C14H12ClNO5S. The molecule has 0 atom stereocenters. The maximum atomic E-state index is 12.3. The molecule has 2 aromatic carbocycles. The summed E-state index contributed by atoms with van der Waals surface area (Å²) in [5.74, 6) is -0.714. The molecular weight excluding hydrogens is 330 g/mol. The molecule has 0 aliphatic carbocycles. The van der Waals surface area contributed by atoms with Crippen molar-refractivity contribution in [3.05, 3.63) is 53.1 Å². The second-order valence-electron chi connectivity index (χ2n) is 4.28. The standard InChI is InChI=1S/C14H12ClNO5S/c1-21-10-4-2-9(3-5-10)16-22(19,20)11-6-7-13(15)12(8-11)14(17)18/h2-8,16H,1H3,(H,17,18). The number of rotatable bonds is 5. The van der Waals surface area contributed by atoms with Gasteiger partial charge >= 0.3 is 5.97 Å². The highest BCUT2D eigenvalue weighted by molar-refractivity contribution is 7.92. The molecule has 116 valence electrons. The first kappa shape index (κ1) is 16.1. The van der Waals surface area contributed by atoms with Gasteiger partial charge in [0.2, 0.25) is 0 Å². The molecule has 0 radical (unpaired) electrons. The van der Waals surface area contributed by atoms with Crippen LogP contribution in [-0.2, 0) is 10.0 Å². The Bertz CT molecular complexity index is 802. The van der Waals surface area contributed by atoms with Crippen LogP contribution >= 0.6 is 11.6 Å². The number of methoxy groups -OCH3 is 1. The summed E-state index contributed by atoms with van der Waals surface area (Å²) in [5, 5.41) is 8.96. The Kier molecular flexibility index (Phi) is 4.58. The number of anilines is 1. The van der Waals surface area contributed by atoms with Crippen LogP contribution in [0.1, 0.15) is 10.4 Å². The number of carboxylic acids is 1. The number of carbonyl (C=O) groups is 1. The van der Waals surface area contributed by atoms with Crippen molar-refractivity contribution in [1.29, 1.82) is 0 Å². The molecule has 0 aromatic heterocycles. The van der Waals surface area contributed by atoms with E-state index in [0.29, 0.717) is 11.4 Å². The predicted molar refractivity (Wildman–Crippen MR) is 82.2 cm³/mol. The lowest BCUT2D eigenvalue weighted by Gasteiger charge is -2.10. The molecule has 0 amide bonds. The fraction of sp³-hybridized carbons (Fsp3) is 0.0714. The lowest BCUT2D eigenvalue weighted by Crippen LogP contribution is -2.14. The van der Waals surface area contributed by atoms with Crippen LogP contribution in [0, 0.1) is 0 Å². The van der Waals surface area contributed by atoms with Gasteiger partial charge in [0, 0.05) is 5.69 Å². The van der Waals surface area contributed by atoms with Gasteiger partial charge in [0.25, 0.3) is 10.0 Å². The minimum Gasteiger partial charge on any atom is -0.497 e. The van der Waals surface area contributed by atoms with Crippen molar-refractivity contribution in [2.45, 2.75) is 4.90 Å². The molecule has 0 fully saturated rings. The molecule has 2 N–H and O–H groups in total. The third kappa shape index (κ3) is 3.49. The third-order valence-electron chi connectivity index (χ3n) is 2.82. The number of carboxylic acid groups (broad SMARTS) is 1. The molecule has 0 spiro atoms. The van der Waals surface area contributed by atoms with Gasteiger partial charge in [0.15, 0.2) is 0 Å².